The van der Waals surface area contributed by atoms with Gasteiger partial charge in [-0.1, -0.05) is 59.0 Å². The van der Waals surface area contributed by atoms with Crippen LogP contribution in [-0.4, -0.2) is 34.3 Å². The van der Waals surface area contributed by atoms with Crippen LogP contribution in [-0.2, 0) is 9.53 Å². The molecule has 5 aromatic rings. The molecule has 0 saturated carbocycles. The zero-order valence-electron chi connectivity index (χ0n) is 19.4. The third-order valence-electron chi connectivity index (χ3n) is 5.43. The molecule has 0 spiro atoms. The lowest BCUT2D eigenvalue weighted by Gasteiger charge is -2.12. The Hall–Kier alpha value is -4.61. The van der Waals surface area contributed by atoms with Crippen LogP contribution in [0.25, 0.3) is 21.5 Å². The number of fused-ring (bicyclic) bond motifs is 1. The second-order valence-corrected chi connectivity index (χ2v) is 8.87. The zero-order valence-corrected chi connectivity index (χ0v) is 20.2. The molecule has 186 valence electrons. The first-order valence-electron chi connectivity index (χ1n) is 11.1. The summed E-state index contributed by atoms with van der Waals surface area (Å²) in [6.07, 6.45) is 0. The number of nitrogens with one attached hydrogen (secondary N) is 2. The van der Waals surface area contributed by atoms with E-state index in [1.165, 1.54) is 30.6 Å². The van der Waals surface area contributed by atoms with Crippen LogP contribution in [0.1, 0.15) is 17.4 Å². The number of esters is 1. The van der Waals surface area contributed by atoms with Gasteiger partial charge in [0.2, 0.25) is 5.76 Å². The number of hydrogen-bond acceptors (Lipinski definition) is 9. The van der Waals surface area contributed by atoms with Gasteiger partial charge < -0.3 is 14.6 Å². The third kappa shape index (κ3) is 5.32. The van der Waals surface area contributed by atoms with E-state index in [0.717, 1.165) is 21.5 Å². The Labute approximate surface area is 214 Å². The second-order valence-electron chi connectivity index (χ2n) is 7.84. The maximum Gasteiger partial charge on any atom is 0.335 e. The molecule has 0 fully saturated rings. The highest BCUT2D eigenvalue weighted by Crippen LogP contribution is 2.30. The summed E-state index contributed by atoms with van der Waals surface area (Å²) < 4.78 is 24.5. The minimum absolute atomic E-state index is 0.0800. The Balaban J connectivity index is 1.35. The zero-order chi connectivity index (χ0) is 25.8. The van der Waals surface area contributed by atoms with Crippen LogP contribution < -0.4 is 10.8 Å². The van der Waals surface area contributed by atoms with Gasteiger partial charge in [-0.05, 0) is 35.9 Å². The van der Waals surface area contributed by atoms with Crippen molar-refractivity contribution in [3.05, 3.63) is 96.0 Å². The molecule has 0 unspecified atom stereocenters. The van der Waals surface area contributed by atoms with Gasteiger partial charge in [-0.3, -0.25) is 5.21 Å². The molecule has 3 N–H and O–H groups in total. The summed E-state index contributed by atoms with van der Waals surface area (Å²) in [6, 6.07) is 21.2. The Morgan fingerprint density at radius 3 is 2.62 bits per heavy atom. The number of carbonyl (C=O) groups excluding carboxylic acids is 1. The molecule has 2 aromatic heterocycles. The summed E-state index contributed by atoms with van der Waals surface area (Å²) >= 11 is 1.36. The molecule has 9 nitrogen and oxygen atoms in total. The Morgan fingerprint density at radius 2 is 1.89 bits per heavy atom. The first-order valence-corrected chi connectivity index (χ1v) is 11.9. The van der Waals surface area contributed by atoms with E-state index in [0.29, 0.717) is 16.4 Å². The van der Waals surface area contributed by atoms with E-state index < -0.39 is 12.0 Å². The highest BCUT2D eigenvalue weighted by molar-refractivity contribution is 7.22. The van der Waals surface area contributed by atoms with Crippen LogP contribution in [0.4, 0.5) is 15.2 Å². The number of thiazole rings is 1. The number of methoxy groups -OCH3 is 1. The summed E-state index contributed by atoms with van der Waals surface area (Å²) in [5, 5.41) is 17.6. The van der Waals surface area contributed by atoms with Gasteiger partial charge in [0, 0.05) is 17.3 Å². The van der Waals surface area contributed by atoms with E-state index in [1.807, 2.05) is 35.8 Å². The number of nitrogens with zero attached hydrogens (tertiary/aromatic N) is 3. The second kappa shape index (κ2) is 10.6. The predicted molar refractivity (Wildman–Crippen MR) is 137 cm³/mol. The average molecular weight is 518 g/mol. The Bertz CT molecular complexity index is 1570. The molecule has 0 aliphatic heterocycles. The van der Waals surface area contributed by atoms with Gasteiger partial charge in [0.1, 0.15) is 11.5 Å². The molecule has 0 bridgehead atoms. The topological polar surface area (TPSA) is 122 Å². The number of benzene rings is 3. The van der Waals surface area contributed by atoms with Crippen molar-refractivity contribution in [1.29, 1.82) is 0 Å². The van der Waals surface area contributed by atoms with Crippen molar-refractivity contribution in [2.75, 3.05) is 12.4 Å². The maximum atomic E-state index is 13.4. The first-order chi connectivity index (χ1) is 18.0. The van der Waals surface area contributed by atoms with Crippen LogP contribution in [0.5, 0.6) is 0 Å². The molecule has 37 heavy (non-hydrogen) atoms. The monoisotopic (exact) mass is 517 g/mol. The molecule has 11 heteroatoms. The SMILES string of the molecule is COC(=O)[C@@H](N=C(NO)c1cc(-c2ccc(Nc3nc4ccc(F)cc4s3)cc2)no1)c1ccccc1. The van der Waals surface area contributed by atoms with Crippen LogP contribution in [0.3, 0.4) is 0 Å². The molecule has 0 aliphatic carbocycles. The highest BCUT2D eigenvalue weighted by Gasteiger charge is 2.23. The largest absolute Gasteiger partial charge is 0.467 e. The number of carbonyl (C=O) groups is 1. The van der Waals surface area contributed by atoms with Crippen LogP contribution in [0.2, 0.25) is 0 Å². The lowest BCUT2D eigenvalue weighted by Crippen LogP contribution is -2.23. The number of hydroxylamine groups is 1. The van der Waals surface area contributed by atoms with Crippen molar-refractivity contribution in [2.24, 2.45) is 4.99 Å². The highest BCUT2D eigenvalue weighted by atomic mass is 32.1. The number of rotatable bonds is 7. The van der Waals surface area contributed by atoms with Gasteiger partial charge in [-0.15, -0.1) is 0 Å². The maximum absolute atomic E-state index is 13.4. The van der Waals surface area contributed by atoms with E-state index in [4.69, 9.17) is 9.26 Å². The molecule has 0 saturated heterocycles. The number of halogens is 1. The number of aliphatic imine (C=N–C) groups is 1. The molecule has 2 heterocycles. The normalized spacial score (nSPS) is 12.4. The summed E-state index contributed by atoms with van der Waals surface area (Å²) in [7, 11) is 1.27. The van der Waals surface area contributed by atoms with Gasteiger partial charge in [0.25, 0.3) is 0 Å². The molecule has 3 aromatic carbocycles. The minimum Gasteiger partial charge on any atom is -0.467 e. The standard InChI is InChI=1S/C26H20FN5O4S/c1-35-25(33)23(16-5-3-2-4-6-16)30-24(31-34)21-14-20(32-36-21)15-7-10-18(11-8-15)28-26-29-19-12-9-17(27)13-22(19)37-26/h2-14,23,34H,1H3,(H,28,29)(H,30,31)/t23-/m0/s1. The fraction of sp³-hybridized carbons (Fsp3) is 0.0769. The lowest BCUT2D eigenvalue weighted by molar-refractivity contribution is -0.142. The van der Waals surface area contributed by atoms with E-state index in [1.54, 1.807) is 36.4 Å². The van der Waals surface area contributed by atoms with Crippen molar-refractivity contribution < 1.29 is 23.7 Å². The van der Waals surface area contributed by atoms with Crippen molar-refractivity contribution in [3.63, 3.8) is 0 Å². The van der Waals surface area contributed by atoms with Gasteiger partial charge in [0.05, 0.1) is 17.3 Å². The summed E-state index contributed by atoms with van der Waals surface area (Å²) in [4.78, 5) is 21.1. The van der Waals surface area contributed by atoms with Gasteiger partial charge in [-0.25, -0.2) is 24.6 Å². The molecule has 5 rings (SSSR count). The van der Waals surface area contributed by atoms with Crippen LogP contribution in [0, 0.1) is 5.82 Å². The molecule has 1 atom stereocenters. The smallest absolute Gasteiger partial charge is 0.335 e. The average Bonchev–Trinajstić information content (AvgIpc) is 3.57. The third-order valence-corrected chi connectivity index (χ3v) is 6.36. The fourth-order valence-electron chi connectivity index (χ4n) is 3.61. The molecular formula is C26H20FN5O4S. The van der Waals surface area contributed by atoms with Gasteiger partial charge in [0.15, 0.2) is 17.0 Å². The van der Waals surface area contributed by atoms with Gasteiger partial charge in [-0.2, -0.15) is 0 Å². The molecular weight excluding hydrogens is 497 g/mol. The Morgan fingerprint density at radius 1 is 1.11 bits per heavy atom. The first kappa shape index (κ1) is 24.1. The van der Waals surface area contributed by atoms with E-state index >= 15 is 0 Å². The predicted octanol–water partition coefficient (Wildman–Crippen LogP) is 5.47. The quantitative estimate of drug-likeness (QED) is 0.112. The fourth-order valence-corrected chi connectivity index (χ4v) is 4.52. The van der Waals surface area contributed by atoms with Gasteiger partial charge >= 0.3 is 5.97 Å². The van der Waals surface area contributed by atoms with Crippen LogP contribution in [0.15, 0.2) is 88.4 Å². The Kier molecular flexibility index (Phi) is 6.88. The number of anilines is 2. The van der Waals surface area contributed by atoms with Crippen LogP contribution >= 0.6 is 11.3 Å². The summed E-state index contributed by atoms with van der Waals surface area (Å²) in [5.74, 6) is -0.848. The van der Waals surface area contributed by atoms with E-state index in [2.05, 4.69) is 20.4 Å². The number of hydrogen-bond donors (Lipinski definition) is 3. The number of aromatic nitrogens is 2. The van der Waals surface area contributed by atoms with E-state index in [9.17, 15) is 14.4 Å². The minimum atomic E-state index is -1.02. The number of ether oxygens (including phenoxy) is 1. The van der Waals surface area contributed by atoms with Crippen molar-refractivity contribution in [2.45, 2.75) is 6.04 Å². The number of amidine groups is 1. The molecule has 0 aliphatic rings. The van der Waals surface area contributed by atoms with Crippen molar-refractivity contribution in [1.82, 2.24) is 15.6 Å². The van der Waals surface area contributed by atoms with Crippen molar-refractivity contribution >= 4 is 44.2 Å². The van der Waals surface area contributed by atoms with E-state index in [-0.39, 0.29) is 17.4 Å². The molecule has 0 radical (unpaired) electrons. The molecule has 0 amide bonds. The summed E-state index contributed by atoms with van der Waals surface area (Å²) in [5.41, 5.74) is 5.32. The van der Waals surface area contributed by atoms with Crippen molar-refractivity contribution in [3.8, 4) is 11.3 Å². The lowest BCUT2D eigenvalue weighted by atomic mass is 10.1. The summed E-state index contributed by atoms with van der Waals surface area (Å²) in [6.45, 7) is 0.